The number of rotatable bonds is 5. The van der Waals surface area contributed by atoms with Gasteiger partial charge in [-0.1, -0.05) is 29.2 Å². The average Bonchev–Trinajstić information content (AvgIpc) is 3.17. The highest BCUT2D eigenvalue weighted by molar-refractivity contribution is 8.00. The van der Waals surface area contributed by atoms with Gasteiger partial charge in [-0.15, -0.1) is 21.5 Å². The van der Waals surface area contributed by atoms with Crippen LogP contribution in [-0.2, 0) is 20.0 Å². The van der Waals surface area contributed by atoms with Crippen molar-refractivity contribution in [2.24, 2.45) is 0 Å². The van der Waals surface area contributed by atoms with Gasteiger partial charge in [0.25, 0.3) is 5.91 Å². The van der Waals surface area contributed by atoms with E-state index in [1.54, 1.807) is 23.1 Å². The number of thiophene rings is 1. The second-order valence-corrected chi connectivity index (χ2v) is 7.40. The second-order valence-electron chi connectivity index (χ2n) is 4.16. The summed E-state index contributed by atoms with van der Waals surface area (Å²) in [4.78, 5) is 13.2. The van der Waals surface area contributed by atoms with Crippen molar-refractivity contribution in [1.82, 2.24) is 10.2 Å². The van der Waals surface area contributed by atoms with Gasteiger partial charge in [0.2, 0.25) is 5.13 Å². The molecule has 0 spiro atoms. The minimum Gasteiger partial charge on any atom is -0.376 e. The molecule has 0 radical (unpaired) electrons. The smallest absolute Gasteiger partial charge is 0.257 e. The summed E-state index contributed by atoms with van der Waals surface area (Å²) in [6.45, 7) is 1.26. The lowest BCUT2D eigenvalue weighted by Gasteiger charge is -2.21. The Morgan fingerprint density at radius 1 is 1.48 bits per heavy atom. The Balaban J connectivity index is 1.51. The fourth-order valence-electron chi connectivity index (χ4n) is 1.67. The van der Waals surface area contributed by atoms with Crippen LogP contribution in [0.4, 0.5) is 5.13 Å². The van der Waals surface area contributed by atoms with Gasteiger partial charge in [-0.05, 0) is 11.4 Å². The van der Waals surface area contributed by atoms with Crippen LogP contribution >= 0.6 is 34.4 Å². The van der Waals surface area contributed by atoms with Crippen LogP contribution < -0.4 is 5.32 Å². The van der Waals surface area contributed by atoms with E-state index in [9.17, 15) is 4.79 Å². The van der Waals surface area contributed by atoms with E-state index in [-0.39, 0.29) is 12.5 Å². The molecular weight excluding hydrogens is 330 g/mol. The number of hydrogen-bond acceptors (Lipinski definition) is 8. The number of ether oxygens (including phenoxy) is 2. The molecule has 2 aromatic rings. The minimum atomic E-state index is -0.565. The molecule has 0 saturated carbocycles. The van der Waals surface area contributed by atoms with E-state index >= 15 is 0 Å². The SMILES string of the molecule is O=C(Nc1nnc(SCc2cccs2)s1)[C@@H]1COCCO1. The summed E-state index contributed by atoms with van der Waals surface area (Å²) in [5, 5.41) is 13.3. The van der Waals surface area contributed by atoms with Gasteiger partial charge in [0.05, 0.1) is 19.8 Å². The maximum atomic E-state index is 11.9. The van der Waals surface area contributed by atoms with E-state index in [1.807, 2.05) is 11.4 Å². The Labute approximate surface area is 133 Å². The normalized spacial score (nSPS) is 18.6. The van der Waals surface area contributed by atoms with Crippen LogP contribution in [0.1, 0.15) is 4.88 Å². The predicted octanol–water partition coefficient (Wildman–Crippen LogP) is 2.25. The first-order chi connectivity index (χ1) is 10.3. The molecule has 2 aromatic heterocycles. The van der Waals surface area contributed by atoms with Gasteiger partial charge in [-0.3, -0.25) is 10.1 Å². The molecule has 0 aliphatic carbocycles. The van der Waals surface area contributed by atoms with Crippen molar-refractivity contribution in [3.05, 3.63) is 22.4 Å². The van der Waals surface area contributed by atoms with Gasteiger partial charge in [0.1, 0.15) is 0 Å². The number of amides is 1. The summed E-state index contributed by atoms with van der Waals surface area (Å²) in [5.41, 5.74) is 0. The Morgan fingerprint density at radius 3 is 3.19 bits per heavy atom. The number of aromatic nitrogens is 2. The third-order valence-electron chi connectivity index (χ3n) is 2.66. The van der Waals surface area contributed by atoms with Crippen molar-refractivity contribution in [2.75, 3.05) is 25.1 Å². The average molecular weight is 343 g/mol. The summed E-state index contributed by atoms with van der Waals surface area (Å²) in [6, 6.07) is 4.11. The summed E-state index contributed by atoms with van der Waals surface area (Å²) >= 11 is 4.69. The molecule has 21 heavy (non-hydrogen) atoms. The summed E-state index contributed by atoms with van der Waals surface area (Å²) < 4.78 is 11.4. The monoisotopic (exact) mass is 343 g/mol. The Hall–Kier alpha value is -1.00. The molecule has 9 heteroatoms. The number of nitrogens with zero attached hydrogens (tertiary/aromatic N) is 2. The molecule has 3 rings (SSSR count). The fraction of sp³-hybridized carbons (Fsp3) is 0.417. The lowest BCUT2D eigenvalue weighted by Crippen LogP contribution is -2.39. The van der Waals surface area contributed by atoms with E-state index in [2.05, 4.69) is 21.6 Å². The van der Waals surface area contributed by atoms with Gasteiger partial charge in [-0.2, -0.15) is 0 Å². The van der Waals surface area contributed by atoms with Crippen molar-refractivity contribution in [2.45, 2.75) is 16.2 Å². The Bertz CT molecular complexity index is 582. The number of thioether (sulfide) groups is 1. The Morgan fingerprint density at radius 2 is 2.43 bits per heavy atom. The van der Waals surface area contributed by atoms with E-state index < -0.39 is 6.10 Å². The first-order valence-electron chi connectivity index (χ1n) is 6.30. The Kier molecular flexibility index (Phi) is 5.20. The van der Waals surface area contributed by atoms with Crippen LogP contribution in [0, 0.1) is 0 Å². The van der Waals surface area contributed by atoms with Gasteiger partial charge < -0.3 is 9.47 Å². The maximum Gasteiger partial charge on any atom is 0.257 e. The number of carbonyl (C=O) groups is 1. The molecule has 1 aliphatic rings. The highest BCUT2D eigenvalue weighted by Gasteiger charge is 2.23. The molecule has 1 fully saturated rings. The van der Waals surface area contributed by atoms with Crippen molar-refractivity contribution >= 4 is 45.5 Å². The third kappa shape index (κ3) is 4.24. The standard InChI is InChI=1S/C12H13N3O3S3/c16-10(9-6-17-3-4-18-9)13-11-14-15-12(21-11)20-7-8-2-1-5-19-8/h1-2,5,9H,3-4,6-7H2,(H,13,14,16)/t9-/m0/s1. The van der Waals surface area contributed by atoms with E-state index in [0.717, 1.165) is 10.1 Å². The molecule has 6 nitrogen and oxygen atoms in total. The van der Waals surface area contributed by atoms with Crippen LogP contribution in [0.5, 0.6) is 0 Å². The molecule has 112 valence electrons. The molecule has 0 unspecified atom stereocenters. The third-order valence-corrected chi connectivity index (χ3v) is 5.74. The number of carbonyl (C=O) groups excluding carboxylic acids is 1. The zero-order valence-corrected chi connectivity index (χ0v) is 13.4. The van der Waals surface area contributed by atoms with E-state index in [4.69, 9.17) is 9.47 Å². The topological polar surface area (TPSA) is 73.3 Å². The van der Waals surface area contributed by atoms with E-state index in [1.165, 1.54) is 16.2 Å². The summed E-state index contributed by atoms with van der Waals surface area (Å²) in [6.07, 6.45) is -0.565. The van der Waals surface area contributed by atoms with Crippen molar-refractivity contribution in [3.8, 4) is 0 Å². The van der Waals surface area contributed by atoms with Crippen LogP contribution in [-0.4, -0.2) is 42.0 Å². The second kappa shape index (κ2) is 7.32. The quantitative estimate of drug-likeness (QED) is 0.663. The van der Waals surface area contributed by atoms with Gasteiger partial charge >= 0.3 is 0 Å². The molecular formula is C12H13N3O3S3. The summed E-state index contributed by atoms with van der Waals surface area (Å²) in [5.74, 6) is 0.625. The molecule has 1 saturated heterocycles. The van der Waals surface area contributed by atoms with Gasteiger partial charge in [-0.25, -0.2) is 0 Å². The van der Waals surface area contributed by atoms with Gasteiger partial charge in [0, 0.05) is 10.6 Å². The highest BCUT2D eigenvalue weighted by Crippen LogP contribution is 2.29. The first kappa shape index (κ1) is 14.9. The highest BCUT2D eigenvalue weighted by atomic mass is 32.2. The molecule has 3 heterocycles. The zero-order chi connectivity index (χ0) is 14.5. The molecule has 1 aliphatic heterocycles. The number of nitrogens with one attached hydrogen (secondary N) is 1. The van der Waals surface area contributed by atoms with Gasteiger partial charge in [0.15, 0.2) is 10.4 Å². The summed E-state index contributed by atoms with van der Waals surface area (Å²) in [7, 11) is 0. The molecule has 1 atom stereocenters. The van der Waals surface area contributed by atoms with Crippen molar-refractivity contribution in [3.63, 3.8) is 0 Å². The van der Waals surface area contributed by atoms with Crippen LogP contribution in [0.2, 0.25) is 0 Å². The first-order valence-corrected chi connectivity index (χ1v) is 8.98. The number of hydrogen-bond donors (Lipinski definition) is 1. The molecule has 1 amide bonds. The van der Waals surface area contributed by atoms with Crippen molar-refractivity contribution in [1.29, 1.82) is 0 Å². The lowest BCUT2D eigenvalue weighted by atomic mass is 10.3. The minimum absolute atomic E-state index is 0.236. The molecule has 1 N–H and O–H groups in total. The zero-order valence-electron chi connectivity index (χ0n) is 11.0. The lowest BCUT2D eigenvalue weighted by molar-refractivity contribution is -0.142. The van der Waals surface area contributed by atoms with Crippen LogP contribution in [0.25, 0.3) is 0 Å². The largest absolute Gasteiger partial charge is 0.376 e. The maximum absolute atomic E-state index is 11.9. The number of anilines is 1. The van der Waals surface area contributed by atoms with Crippen molar-refractivity contribution < 1.29 is 14.3 Å². The molecule has 0 bridgehead atoms. The predicted molar refractivity (Wildman–Crippen MR) is 83.0 cm³/mol. The molecule has 0 aromatic carbocycles. The van der Waals surface area contributed by atoms with Crippen LogP contribution in [0.3, 0.4) is 0 Å². The van der Waals surface area contributed by atoms with Crippen LogP contribution in [0.15, 0.2) is 21.9 Å². The van der Waals surface area contributed by atoms with E-state index in [0.29, 0.717) is 18.3 Å². The fourth-order valence-corrected chi connectivity index (χ4v) is 4.20.